The van der Waals surface area contributed by atoms with Crippen LogP contribution in [0.1, 0.15) is 59.6 Å². The molecule has 25 heavy (non-hydrogen) atoms. The molecule has 2 aromatic rings. The summed E-state index contributed by atoms with van der Waals surface area (Å²) in [7, 11) is -2.03. The first-order valence-corrected chi connectivity index (χ1v) is 10.2. The van der Waals surface area contributed by atoms with E-state index in [1.54, 1.807) is 6.07 Å². The molecule has 0 amide bonds. The molecule has 0 fully saturated rings. The van der Waals surface area contributed by atoms with Crippen molar-refractivity contribution >= 4 is 8.03 Å². The summed E-state index contributed by atoms with van der Waals surface area (Å²) in [5.74, 6) is 0.660. The SMILES string of the molecule is Cc1cc(CCC[P+](=O)O)cc(C)c1Cc1ccc(O)c(C(C)C)c1. The number of rotatable bonds is 7. The van der Waals surface area contributed by atoms with E-state index in [-0.39, 0.29) is 0 Å². The zero-order valence-electron chi connectivity index (χ0n) is 15.5. The van der Waals surface area contributed by atoms with Gasteiger partial charge in [0.1, 0.15) is 5.75 Å². The number of phenolic OH excluding ortho intramolecular Hbond substituents is 1. The Kier molecular flexibility index (Phi) is 6.75. The maximum absolute atomic E-state index is 10.8. The highest BCUT2D eigenvalue weighted by Gasteiger charge is 2.12. The van der Waals surface area contributed by atoms with Crippen molar-refractivity contribution in [3.63, 3.8) is 0 Å². The van der Waals surface area contributed by atoms with Gasteiger partial charge in [0, 0.05) is 0 Å². The Morgan fingerprint density at radius 2 is 1.68 bits per heavy atom. The van der Waals surface area contributed by atoms with Gasteiger partial charge < -0.3 is 5.11 Å². The molecule has 2 aromatic carbocycles. The smallest absolute Gasteiger partial charge is 0.505 e. The van der Waals surface area contributed by atoms with E-state index in [1.807, 2.05) is 6.07 Å². The van der Waals surface area contributed by atoms with Crippen LogP contribution in [0.5, 0.6) is 5.75 Å². The number of benzene rings is 2. The Hall–Kier alpha value is -1.70. The average Bonchev–Trinajstić information content (AvgIpc) is 2.51. The second-order valence-electron chi connectivity index (χ2n) is 7.11. The summed E-state index contributed by atoms with van der Waals surface area (Å²) in [6, 6.07) is 10.3. The quantitative estimate of drug-likeness (QED) is 0.652. The predicted molar refractivity (Wildman–Crippen MR) is 104 cm³/mol. The van der Waals surface area contributed by atoms with E-state index in [4.69, 9.17) is 4.89 Å². The summed E-state index contributed by atoms with van der Waals surface area (Å²) < 4.78 is 10.8. The van der Waals surface area contributed by atoms with E-state index in [0.717, 1.165) is 24.8 Å². The van der Waals surface area contributed by atoms with E-state index in [0.29, 0.717) is 17.8 Å². The lowest BCUT2D eigenvalue weighted by Crippen LogP contribution is -2.00. The minimum absolute atomic E-state index is 0.294. The van der Waals surface area contributed by atoms with Crippen molar-refractivity contribution in [3.8, 4) is 5.75 Å². The molecule has 134 valence electrons. The van der Waals surface area contributed by atoms with Crippen molar-refractivity contribution in [1.82, 2.24) is 0 Å². The van der Waals surface area contributed by atoms with Gasteiger partial charge in [0.2, 0.25) is 0 Å². The lowest BCUT2D eigenvalue weighted by molar-refractivity contribution is 0.464. The van der Waals surface area contributed by atoms with Gasteiger partial charge in [-0.1, -0.05) is 38.1 Å². The molecule has 0 aliphatic carbocycles. The minimum Gasteiger partial charge on any atom is -0.508 e. The first-order valence-electron chi connectivity index (χ1n) is 8.82. The normalized spacial score (nSPS) is 11.8. The third-order valence-corrected chi connectivity index (χ3v) is 5.36. The lowest BCUT2D eigenvalue weighted by atomic mass is 9.91. The van der Waals surface area contributed by atoms with Crippen LogP contribution in [-0.4, -0.2) is 16.2 Å². The maximum Gasteiger partial charge on any atom is 0.505 e. The van der Waals surface area contributed by atoms with Gasteiger partial charge in [-0.15, -0.1) is 0 Å². The summed E-state index contributed by atoms with van der Waals surface area (Å²) in [5, 5.41) is 10.00. The van der Waals surface area contributed by atoms with E-state index in [9.17, 15) is 9.67 Å². The van der Waals surface area contributed by atoms with Crippen LogP contribution in [0, 0.1) is 13.8 Å². The highest BCUT2D eigenvalue weighted by Crippen LogP contribution is 2.28. The minimum atomic E-state index is -2.03. The van der Waals surface area contributed by atoms with E-state index in [2.05, 4.69) is 45.9 Å². The molecule has 0 saturated heterocycles. The maximum atomic E-state index is 10.8. The molecular formula is C21H28O3P+. The molecule has 0 radical (unpaired) electrons. The van der Waals surface area contributed by atoms with E-state index in [1.165, 1.54) is 27.8 Å². The number of aryl methyl sites for hydroxylation is 3. The van der Waals surface area contributed by atoms with Crippen LogP contribution in [0.3, 0.4) is 0 Å². The fraction of sp³-hybridized carbons (Fsp3) is 0.429. The molecule has 2 rings (SSSR count). The van der Waals surface area contributed by atoms with Crippen LogP contribution in [-0.2, 0) is 17.4 Å². The van der Waals surface area contributed by atoms with Gasteiger partial charge in [-0.3, -0.25) is 0 Å². The van der Waals surface area contributed by atoms with Crippen LogP contribution in [0.4, 0.5) is 0 Å². The summed E-state index contributed by atoms with van der Waals surface area (Å²) in [5.41, 5.74) is 7.24. The molecule has 0 aliphatic rings. The molecule has 0 saturated carbocycles. The number of phenols is 1. The van der Waals surface area contributed by atoms with Crippen molar-refractivity contribution < 1.29 is 14.6 Å². The second kappa shape index (κ2) is 8.60. The summed E-state index contributed by atoms with van der Waals surface area (Å²) in [4.78, 5) is 8.92. The Labute approximate surface area is 151 Å². The van der Waals surface area contributed by atoms with E-state index < -0.39 is 8.03 Å². The van der Waals surface area contributed by atoms with Gasteiger partial charge in [0.15, 0.2) is 6.16 Å². The first kappa shape index (κ1) is 19.6. The van der Waals surface area contributed by atoms with Crippen LogP contribution in [0.25, 0.3) is 0 Å². The Morgan fingerprint density at radius 1 is 1.04 bits per heavy atom. The van der Waals surface area contributed by atoms with Crippen molar-refractivity contribution in [2.75, 3.05) is 6.16 Å². The molecule has 0 spiro atoms. The molecule has 3 nitrogen and oxygen atoms in total. The van der Waals surface area contributed by atoms with Crippen molar-refractivity contribution in [2.24, 2.45) is 0 Å². The van der Waals surface area contributed by atoms with Crippen LogP contribution >= 0.6 is 8.03 Å². The predicted octanol–water partition coefficient (Wildman–Crippen LogP) is 5.39. The zero-order valence-corrected chi connectivity index (χ0v) is 16.4. The van der Waals surface area contributed by atoms with Crippen molar-refractivity contribution in [1.29, 1.82) is 0 Å². The largest absolute Gasteiger partial charge is 0.508 e. The van der Waals surface area contributed by atoms with Gasteiger partial charge in [0.05, 0.1) is 0 Å². The monoisotopic (exact) mass is 359 g/mol. The molecule has 0 bridgehead atoms. The molecule has 0 aromatic heterocycles. The number of hydrogen-bond acceptors (Lipinski definition) is 2. The summed E-state index contributed by atoms with van der Waals surface area (Å²) in [6.07, 6.45) is 2.78. The fourth-order valence-electron chi connectivity index (χ4n) is 3.31. The molecule has 0 aliphatic heterocycles. The zero-order chi connectivity index (χ0) is 18.6. The third kappa shape index (κ3) is 5.39. The standard InChI is InChI=1S/C21H27O3P/c1-14(2)19-12-18(7-8-21(19)22)13-20-15(3)10-17(11-16(20)4)6-5-9-25(23)24/h7-8,10-12,14H,5-6,9,13H2,1-4H3,(H-,22,23,24)/p+1. The van der Waals surface area contributed by atoms with Gasteiger partial charge in [-0.25, -0.2) is 0 Å². The average molecular weight is 359 g/mol. The van der Waals surface area contributed by atoms with Crippen LogP contribution in [0.15, 0.2) is 30.3 Å². The highest BCUT2D eigenvalue weighted by atomic mass is 31.1. The van der Waals surface area contributed by atoms with Gasteiger partial charge >= 0.3 is 8.03 Å². The highest BCUT2D eigenvalue weighted by molar-refractivity contribution is 7.37. The lowest BCUT2D eigenvalue weighted by Gasteiger charge is -2.15. The molecular weight excluding hydrogens is 331 g/mol. The van der Waals surface area contributed by atoms with Gasteiger partial charge in [-0.05, 0) is 83.0 Å². The van der Waals surface area contributed by atoms with Gasteiger partial charge in [-0.2, -0.15) is 4.89 Å². The second-order valence-corrected chi connectivity index (χ2v) is 8.26. The summed E-state index contributed by atoms with van der Waals surface area (Å²) >= 11 is 0. The van der Waals surface area contributed by atoms with E-state index >= 15 is 0 Å². The molecule has 2 N–H and O–H groups in total. The Balaban J connectivity index is 2.20. The number of hydrogen-bond donors (Lipinski definition) is 2. The molecule has 1 unspecified atom stereocenters. The number of aromatic hydroxyl groups is 1. The molecule has 1 atom stereocenters. The molecule has 0 heterocycles. The third-order valence-electron chi connectivity index (χ3n) is 4.67. The summed E-state index contributed by atoms with van der Waals surface area (Å²) in [6.45, 7) is 8.43. The van der Waals surface area contributed by atoms with Crippen LogP contribution in [0.2, 0.25) is 0 Å². The first-order chi connectivity index (χ1) is 11.8. The Morgan fingerprint density at radius 3 is 2.24 bits per heavy atom. The topological polar surface area (TPSA) is 57.5 Å². The molecule has 4 heteroatoms. The van der Waals surface area contributed by atoms with Crippen molar-refractivity contribution in [2.45, 2.75) is 52.9 Å². The Bertz CT molecular complexity index is 743. The van der Waals surface area contributed by atoms with Crippen LogP contribution < -0.4 is 0 Å². The van der Waals surface area contributed by atoms with Crippen molar-refractivity contribution in [3.05, 3.63) is 63.7 Å². The fourth-order valence-corrected chi connectivity index (χ4v) is 3.73. The van der Waals surface area contributed by atoms with Gasteiger partial charge in [0.25, 0.3) is 0 Å².